The number of nitrogens with zero attached hydrogens (tertiary/aromatic N) is 2. The Morgan fingerprint density at radius 3 is 2.81 bits per heavy atom. The Morgan fingerprint density at radius 1 is 1.57 bits per heavy atom. The zero-order valence-electron chi connectivity index (χ0n) is 13.1. The normalized spacial score (nSPS) is 18.6. The molecule has 1 aliphatic rings. The minimum atomic E-state index is -0.0845. The fourth-order valence-corrected chi connectivity index (χ4v) is 2.24. The number of carbonyl (C=O) groups excluding carboxylic acids is 1. The van der Waals surface area contributed by atoms with Crippen molar-refractivity contribution < 1.29 is 9.32 Å². The highest BCUT2D eigenvalue weighted by Gasteiger charge is 2.22. The van der Waals surface area contributed by atoms with Crippen LogP contribution < -0.4 is 10.6 Å². The van der Waals surface area contributed by atoms with E-state index in [-0.39, 0.29) is 23.7 Å². The van der Waals surface area contributed by atoms with E-state index in [2.05, 4.69) is 41.5 Å². The molecule has 7 heteroatoms. The number of nitrogens with one attached hydrogen (secondary N) is 2. The first-order valence-electron chi connectivity index (χ1n) is 7.04. The first kappa shape index (κ1) is 17.9. The van der Waals surface area contributed by atoms with Crippen molar-refractivity contribution in [3.05, 3.63) is 11.8 Å². The lowest BCUT2D eigenvalue weighted by Crippen LogP contribution is -2.39. The molecule has 1 aliphatic heterocycles. The molecule has 1 fully saturated rings. The van der Waals surface area contributed by atoms with Crippen LogP contribution in [0.3, 0.4) is 0 Å². The highest BCUT2D eigenvalue weighted by atomic mass is 35.5. The number of carbonyl (C=O) groups is 1. The summed E-state index contributed by atoms with van der Waals surface area (Å²) in [6, 6.07) is 2.22. The molecular weight excluding hydrogens is 292 g/mol. The fraction of sp³-hybridized carbons (Fsp3) is 0.714. The Balaban J connectivity index is 0.00000220. The summed E-state index contributed by atoms with van der Waals surface area (Å²) in [7, 11) is 1.97. The standard InChI is InChI=1S/C14H24N4O2.ClH/c1-14(2,3)11-7-13(20-17-11)16-12(19)9-18(4)10-5-6-15-8-10;/h7,10,15H,5-6,8-9H2,1-4H3,(H,16,19);1H. The van der Waals surface area contributed by atoms with E-state index in [1.807, 2.05) is 7.05 Å². The maximum Gasteiger partial charge on any atom is 0.240 e. The molecule has 1 amide bonds. The van der Waals surface area contributed by atoms with Crippen LogP contribution in [0.5, 0.6) is 0 Å². The number of likely N-dealkylation sites (N-methyl/N-ethyl adjacent to an activating group) is 1. The van der Waals surface area contributed by atoms with Gasteiger partial charge < -0.3 is 9.84 Å². The second-order valence-electron chi connectivity index (χ2n) is 6.44. The van der Waals surface area contributed by atoms with Crippen molar-refractivity contribution in [1.82, 2.24) is 15.4 Å². The minimum Gasteiger partial charge on any atom is -0.338 e. The number of halogens is 1. The van der Waals surface area contributed by atoms with Crippen LogP contribution in [0, 0.1) is 0 Å². The molecule has 0 aromatic carbocycles. The number of rotatable bonds is 4. The van der Waals surface area contributed by atoms with Gasteiger partial charge in [-0.05, 0) is 20.0 Å². The summed E-state index contributed by atoms with van der Waals surface area (Å²) in [5.74, 6) is 0.342. The van der Waals surface area contributed by atoms with Gasteiger partial charge in [-0.3, -0.25) is 15.0 Å². The largest absolute Gasteiger partial charge is 0.338 e. The Morgan fingerprint density at radius 2 is 2.29 bits per heavy atom. The molecule has 0 radical (unpaired) electrons. The molecule has 2 heterocycles. The van der Waals surface area contributed by atoms with Crippen LogP contribution in [0.2, 0.25) is 0 Å². The monoisotopic (exact) mass is 316 g/mol. The molecule has 2 rings (SSSR count). The summed E-state index contributed by atoms with van der Waals surface area (Å²) < 4.78 is 5.16. The molecule has 1 unspecified atom stereocenters. The third-order valence-electron chi connectivity index (χ3n) is 3.59. The molecule has 0 bridgehead atoms. The SMILES string of the molecule is CN(CC(=O)Nc1cc(C(C)(C)C)no1)C1CCNC1.Cl. The van der Waals surface area contributed by atoms with E-state index in [1.54, 1.807) is 6.07 Å². The summed E-state index contributed by atoms with van der Waals surface area (Å²) in [5.41, 5.74) is 0.750. The van der Waals surface area contributed by atoms with Crippen molar-refractivity contribution in [1.29, 1.82) is 0 Å². The lowest BCUT2D eigenvalue weighted by molar-refractivity contribution is -0.117. The van der Waals surface area contributed by atoms with E-state index in [1.165, 1.54) is 0 Å². The second kappa shape index (κ2) is 7.24. The summed E-state index contributed by atoms with van der Waals surface area (Å²) in [6.07, 6.45) is 1.08. The number of hydrogen-bond acceptors (Lipinski definition) is 5. The van der Waals surface area contributed by atoms with Gasteiger partial charge >= 0.3 is 0 Å². The number of amides is 1. The van der Waals surface area contributed by atoms with Crippen LogP contribution in [0.1, 0.15) is 32.9 Å². The molecule has 0 saturated carbocycles. The molecule has 1 aromatic heterocycles. The van der Waals surface area contributed by atoms with Gasteiger partial charge in [-0.1, -0.05) is 25.9 Å². The lowest BCUT2D eigenvalue weighted by atomic mass is 9.92. The average Bonchev–Trinajstić information content (AvgIpc) is 2.97. The molecule has 2 N–H and O–H groups in total. The maximum atomic E-state index is 12.0. The quantitative estimate of drug-likeness (QED) is 0.883. The third-order valence-corrected chi connectivity index (χ3v) is 3.59. The molecule has 0 spiro atoms. The summed E-state index contributed by atoms with van der Waals surface area (Å²) in [5, 5.41) is 10.0. The summed E-state index contributed by atoms with van der Waals surface area (Å²) in [6.45, 7) is 8.48. The van der Waals surface area contributed by atoms with Gasteiger partial charge in [0.2, 0.25) is 11.8 Å². The molecule has 0 aliphatic carbocycles. The van der Waals surface area contributed by atoms with Gasteiger partial charge in [0.1, 0.15) is 0 Å². The predicted octanol–water partition coefficient (Wildman–Crippen LogP) is 1.63. The van der Waals surface area contributed by atoms with Crippen molar-refractivity contribution in [3.8, 4) is 0 Å². The molecule has 120 valence electrons. The summed E-state index contributed by atoms with van der Waals surface area (Å²) >= 11 is 0. The fourth-order valence-electron chi connectivity index (χ4n) is 2.24. The van der Waals surface area contributed by atoms with Gasteiger partial charge in [0, 0.05) is 24.1 Å². The third kappa shape index (κ3) is 4.98. The Labute approximate surface area is 132 Å². The van der Waals surface area contributed by atoms with E-state index in [9.17, 15) is 4.79 Å². The molecule has 1 aromatic rings. The zero-order valence-corrected chi connectivity index (χ0v) is 13.9. The van der Waals surface area contributed by atoms with Crippen LogP contribution in [-0.4, -0.2) is 48.7 Å². The minimum absolute atomic E-state index is 0. The van der Waals surface area contributed by atoms with Crippen molar-refractivity contribution in [2.24, 2.45) is 0 Å². The Bertz CT molecular complexity index is 464. The van der Waals surface area contributed by atoms with Crippen molar-refractivity contribution in [2.75, 3.05) is 32.0 Å². The predicted molar refractivity (Wildman–Crippen MR) is 85.0 cm³/mol. The van der Waals surface area contributed by atoms with E-state index in [0.29, 0.717) is 18.5 Å². The lowest BCUT2D eigenvalue weighted by Gasteiger charge is -2.22. The summed E-state index contributed by atoms with van der Waals surface area (Å²) in [4.78, 5) is 14.0. The van der Waals surface area contributed by atoms with E-state index in [0.717, 1.165) is 25.2 Å². The van der Waals surface area contributed by atoms with E-state index in [4.69, 9.17) is 4.52 Å². The number of anilines is 1. The highest BCUT2D eigenvalue weighted by molar-refractivity contribution is 5.91. The zero-order chi connectivity index (χ0) is 14.8. The molecular formula is C14H25ClN4O2. The Kier molecular flexibility index (Phi) is 6.19. The van der Waals surface area contributed by atoms with Gasteiger partial charge in [-0.15, -0.1) is 12.4 Å². The first-order valence-corrected chi connectivity index (χ1v) is 7.04. The van der Waals surface area contributed by atoms with Gasteiger partial charge in [-0.25, -0.2) is 0 Å². The van der Waals surface area contributed by atoms with E-state index < -0.39 is 0 Å². The second-order valence-corrected chi connectivity index (χ2v) is 6.44. The van der Waals surface area contributed by atoms with Crippen molar-refractivity contribution >= 4 is 24.2 Å². The smallest absolute Gasteiger partial charge is 0.240 e. The number of hydrogen-bond donors (Lipinski definition) is 2. The van der Waals surface area contributed by atoms with Crippen LogP contribution in [-0.2, 0) is 10.2 Å². The van der Waals surface area contributed by atoms with E-state index >= 15 is 0 Å². The molecule has 1 atom stereocenters. The van der Waals surface area contributed by atoms with Gasteiger partial charge in [0.05, 0.1) is 12.2 Å². The average molecular weight is 317 g/mol. The highest BCUT2D eigenvalue weighted by Crippen LogP contribution is 2.23. The van der Waals surface area contributed by atoms with Gasteiger partial charge in [0.25, 0.3) is 0 Å². The number of aromatic nitrogens is 1. The molecule has 6 nitrogen and oxygen atoms in total. The first-order chi connectivity index (χ1) is 9.36. The van der Waals surface area contributed by atoms with Crippen LogP contribution >= 0.6 is 12.4 Å². The van der Waals surface area contributed by atoms with Gasteiger partial charge in [0.15, 0.2) is 0 Å². The molecule has 1 saturated heterocycles. The van der Waals surface area contributed by atoms with Crippen molar-refractivity contribution in [2.45, 2.75) is 38.6 Å². The topological polar surface area (TPSA) is 70.4 Å². The van der Waals surface area contributed by atoms with Crippen LogP contribution in [0.4, 0.5) is 5.88 Å². The Hall–Kier alpha value is -1.11. The molecule has 21 heavy (non-hydrogen) atoms. The van der Waals surface area contributed by atoms with Crippen molar-refractivity contribution in [3.63, 3.8) is 0 Å². The van der Waals surface area contributed by atoms with Gasteiger partial charge in [-0.2, -0.15) is 0 Å². The maximum absolute atomic E-state index is 12.0. The van der Waals surface area contributed by atoms with Crippen LogP contribution in [0.15, 0.2) is 10.6 Å². The van der Waals surface area contributed by atoms with Crippen LogP contribution in [0.25, 0.3) is 0 Å².